The summed E-state index contributed by atoms with van der Waals surface area (Å²) in [6.45, 7) is 2.38. The van der Waals surface area contributed by atoms with Crippen LogP contribution in [0.25, 0.3) is 0 Å². The van der Waals surface area contributed by atoms with Gasteiger partial charge < -0.3 is 20.5 Å². The van der Waals surface area contributed by atoms with Crippen LogP contribution in [0.2, 0.25) is 0 Å². The molecule has 0 aliphatic heterocycles. The number of ether oxygens (including phenoxy) is 1. The van der Waals surface area contributed by atoms with E-state index in [1.807, 2.05) is 25.1 Å². The van der Waals surface area contributed by atoms with Crippen LogP contribution >= 0.6 is 0 Å². The van der Waals surface area contributed by atoms with Crippen LogP contribution in [0.15, 0.2) is 42.6 Å². The number of aryl methyl sites for hydroxylation is 1. The number of hydrogen-bond acceptors (Lipinski definition) is 4. The van der Waals surface area contributed by atoms with Crippen molar-refractivity contribution in [2.45, 2.75) is 32.4 Å². The highest BCUT2D eigenvalue weighted by Gasteiger charge is 2.07. The van der Waals surface area contributed by atoms with Gasteiger partial charge in [-0.2, -0.15) is 0 Å². The maximum Gasteiger partial charge on any atom is 0.315 e. The number of phenols is 1. The van der Waals surface area contributed by atoms with Gasteiger partial charge in [0, 0.05) is 24.8 Å². The third-order valence-corrected chi connectivity index (χ3v) is 3.64. The number of hydrogen-bond donors (Lipinski definition) is 3. The molecule has 0 fully saturated rings. The number of rotatable bonds is 7. The standard InChI is InChI=1S/C18H23N3O3/c1-13(3-4-14-5-8-16(22)9-6-14)21-18(23)20-12-15-7-10-17(24-2)19-11-15/h5-11,13,22H,3-4,12H2,1-2H3,(H2,20,21,23). The molecule has 1 aromatic carbocycles. The van der Waals surface area contributed by atoms with Gasteiger partial charge in [0.25, 0.3) is 0 Å². The van der Waals surface area contributed by atoms with Crippen LogP contribution in [0.4, 0.5) is 4.79 Å². The van der Waals surface area contributed by atoms with Crippen molar-refractivity contribution in [2.75, 3.05) is 7.11 Å². The summed E-state index contributed by atoms with van der Waals surface area (Å²) in [5.74, 6) is 0.809. The summed E-state index contributed by atoms with van der Waals surface area (Å²) in [6.07, 6.45) is 3.33. The fourth-order valence-electron chi connectivity index (χ4n) is 2.21. The van der Waals surface area contributed by atoms with E-state index in [-0.39, 0.29) is 17.8 Å². The normalized spacial score (nSPS) is 11.6. The Morgan fingerprint density at radius 3 is 2.54 bits per heavy atom. The first-order valence-corrected chi connectivity index (χ1v) is 7.88. The summed E-state index contributed by atoms with van der Waals surface area (Å²) in [5, 5.41) is 15.0. The molecule has 6 heteroatoms. The molecule has 128 valence electrons. The van der Waals surface area contributed by atoms with E-state index in [1.165, 1.54) is 0 Å². The highest BCUT2D eigenvalue weighted by molar-refractivity contribution is 5.74. The fraction of sp³-hybridized carbons (Fsp3) is 0.333. The topological polar surface area (TPSA) is 83.5 Å². The Morgan fingerprint density at radius 2 is 1.92 bits per heavy atom. The third-order valence-electron chi connectivity index (χ3n) is 3.64. The fourth-order valence-corrected chi connectivity index (χ4v) is 2.21. The number of nitrogens with zero attached hydrogens (tertiary/aromatic N) is 1. The Kier molecular flexibility index (Phi) is 6.42. The molecular weight excluding hydrogens is 306 g/mol. The third kappa shape index (κ3) is 5.79. The average Bonchev–Trinajstić information content (AvgIpc) is 2.60. The van der Waals surface area contributed by atoms with Crippen LogP contribution in [-0.2, 0) is 13.0 Å². The second kappa shape index (κ2) is 8.76. The maximum absolute atomic E-state index is 11.9. The highest BCUT2D eigenvalue weighted by Crippen LogP contribution is 2.12. The lowest BCUT2D eigenvalue weighted by atomic mass is 10.1. The van der Waals surface area contributed by atoms with E-state index >= 15 is 0 Å². The largest absolute Gasteiger partial charge is 0.508 e. The van der Waals surface area contributed by atoms with Crippen molar-refractivity contribution in [1.29, 1.82) is 0 Å². The number of carbonyl (C=O) groups is 1. The quantitative estimate of drug-likeness (QED) is 0.729. The van der Waals surface area contributed by atoms with Crippen LogP contribution in [0.1, 0.15) is 24.5 Å². The number of urea groups is 1. The molecule has 2 aromatic rings. The molecule has 0 radical (unpaired) electrons. The van der Waals surface area contributed by atoms with Crippen molar-refractivity contribution in [3.8, 4) is 11.6 Å². The van der Waals surface area contributed by atoms with E-state index in [0.717, 1.165) is 24.0 Å². The van der Waals surface area contributed by atoms with Crippen molar-refractivity contribution in [2.24, 2.45) is 0 Å². The zero-order valence-electron chi connectivity index (χ0n) is 14.0. The number of aromatic hydroxyl groups is 1. The molecule has 0 aliphatic carbocycles. The molecule has 2 amide bonds. The van der Waals surface area contributed by atoms with E-state index in [9.17, 15) is 9.90 Å². The first kappa shape index (κ1) is 17.6. The van der Waals surface area contributed by atoms with E-state index in [2.05, 4.69) is 15.6 Å². The van der Waals surface area contributed by atoms with E-state index in [0.29, 0.717) is 12.4 Å². The monoisotopic (exact) mass is 329 g/mol. The lowest BCUT2D eigenvalue weighted by molar-refractivity contribution is 0.237. The van der Waals surface area contributed by atoms with E-state index in [1.54, 1.807) is 31.5 Å². The SMILES string of the molecule is COc1ccc(CNC(=O)NC(C)CCc2ccc(O)cc2)cn1. The Morgan fingerprint density at radius 1 is 1.21 bits per heavy atom. The van der Waals surface area contributed by atoms with Gasteiger partial charge >= 0.3 is 6.03 Å². The van der Waals surface area contributed by atoms with Crippen LogP contribution in [0.5, 0.6) is 11.6 Å². The number of benzene rings is 1. The molecular formula is C18H23N3O3. The minimum Gasteiger partial charge on any atom is -0.508 e. The van der Waals surface area contributed by atoms with E-state index < -0.39 is 0 Å². The molecule has 6 nitrogen and oxygen atoms in total. The first-order chi connectivity index (χ1) is 11.6. The molecule has 24 heavy (non-hydrogen) atoms. The van der Waals surface area contributed by atoms with Gasteiger partial charge in [0.1, 0.15) is 5.75 Å². The molecule has 1 atom stereocenters. The number of amides is 2. The number of nitrogens with one attached hydrogen (secondary N) is 2. The van der Waals surface area contributed by atoms with Crippen LogP contribution in [-0.4, -0.2) is 29.3 Å². The highest BCUT2D eigenvalue weighted by atomic mass is 16.5. The van der Waals surface area contributed by atoms with Crippen molar-refractivity contribution in [3.63, 3.8) is 0 Å². The Balaban J connectivity index is 1.69. The molecule has 0 saturated carbocycles. The summed E-state index contributed by atoms with van der Waals surface area (Å²) < 4.78 is 4.99. The summed E-state index contributed by atoms with van der Waals surface area (Å²) >= 11 is 0. The second-order valence-electron chi connectivity index (χ2n) is 5.64. The predicted octanol–water partition coefficient (Wildman–Crippen LogP) is 2.62. The molecule has 0 saturated heterocycles. The Bertz CT molecular complexity index is 642. The summed E-state index contributed by atoms with van der Waals surface area (Å²) in [5.41, 5.74) is 2.04. The van der Waals surface area contributed by atoms with Gasteiger partial charge in [0.05, 0.1) is 7.11 Å². The zero-order valence-corrected chi connectivity index (χ0v) is 14.0. The Hall–Kier alpha value is -2.76. The number of aromatic nitrogens is 1. The van der Waals surface area contributed by atoms with Gasteiger partial charge in [-0.1, -0.05) is 18.2 Å². The van der Waals surface area contributed by atoms with Crippen molar-refractivity contribution < 1.29 is 14.6 Å². The minimum absolute atomic E-state index is 0.0489. The molecule has 0 aliphatic rings. The van der Waals surface area contributed by atoms with Crippen molar-refractivity contribution in [3.05, 3.63) is 53.7 Å². The molecule has 1 aromatic heterocycles. The van der Waals surface area contributed by atoms with Crippen molar-refractivity contribution >= 4 is 6.03 Å². The maximum atomic E-state index is 11.9. The van der Waals surface area contributed by atoms with E-state index in [4.69, 9.17) is 4.74 Å². The van der Waals surface area contributed by atoms with Gasteiger partial charge in [-0.15, -0.1) is 0 Å². The van der Waals surface area contributed by atoms with Crippen LogP contribution < -0.4 is 15.4 Å². The number of phenolic OH excluding ortho intramolecular Hbond substituents is 1. The number of pyridine rings is 1. The Labute approximate surface area is 141 Å². The molecule has 0 bridgehead atoms. The van der Waals surface area contributed by atoms with Crippen LogP contribution in [0, 0.1) is 0 Å². The second-order valence-corrected chi connectivity index (χ2v) is 5.64. The summed E-state index contributed by atoms with van der Waals surface area (Å²) in [6, 6.07) is 10.6. The van der Waals surface area contributed by atoms with Gasteiger partial charge in [0.15, 0.2) is 0 Å². The summed E-state index contributed by atoms with van der Waals surface area (Å²) in [7, 11) is 1.56. The smallest absolute Gasteiger partial charge is 0.315 e. The lowest BCUT2D eigenvalue weighted by Gasteiger charge is -2.14. The van der Waals surface area contributed by atoms with Gasteiger partial charge in [-0.25, -0.2) is 9.78 Å². The summed E-state index contributed by atoms with van der Waals surface area (Å²) in [4.78, 5) is 16.0. The van der Waals surface area contributed by atoms with Crippen LogP contribution in [0.3, 0.4) is 0 Å². The molecule has 0 spiro atoms. The molecule has 1 unspecified atom stereocenters. The molecule has 2 rings (SSSR count). The van der Waals surface area contributed by atoms with Crippen molar-refractivity contribution in [1.82, 2.24) is 15.6 Å². The average molecular weight is 329 g/mol. The van der Waals surface area contributed by atoms with Gasteiger partial charge in [0.2, 0.25) is 5.88 Å². The zero-order chi connectivity index (χ0) is 17.4. The van der Waals surface area contributed by atoms with Gasteiger partial charge in [-0.3, -0.25) is 0 Å². The molecule has 3 N–H and O–H groups in total. The minimum atomic E-state index is -0.205. The first-order valence-electron chi connectivity index (χ1n) is 7.88. The molecule has 1 heterocycles. The van der Waals surface area contributed by atoms with Gasteiger partial charge in [-0.05, 0) is 43.0 Å². The number of carbonyl (C=O) groups excluding carboxylic acids is 1. The number of methoxy groups -OCH3 is 1. The lowest BCUT2D eigenvalue weighted by Crippen LogP contribution is -2.40. The predicted molar refractivity (Wildman–Crippen MR) is 92.1 cm³/mol.